The first-order valence-electron chi connectivity index (χ1n) is 7.47. The zero-order chi connectivity index (χ0) is 15.8. The molecule has 0 atom stereocenters. The average Bonchev–Trinajstić information content (AvgIpc) is 3.22. The average molecular weight is 312 g/mol. The van der Waals surface area contributed by atoms with Gasteiger partial charge in [-0.05, 0) is 19.1 Å². The SMILES string of the molecule is Cc1nc2ncnc(N3CCN(C(=O)c4ccco4)CC3)c2[nH]1. The number of anilines is 1. The standard InChI is InChI=1S/C15H16N6O2/c1-10-18-12-13(19-10)16-9-17-14(12)20-4-6-21(7-5-20)15(22)11-3-2-8-23-11/h2-3,8-9H,4-7H2,1H3,(H,16,17,18,19). The van der Waals surface area contributed by atoms with E-state index in [2.05, 4.69) is 24.8 Å². The number of aryl methyl sites for hydroxylation is 1. The predicted molar refractivity (Wildman–Crippen MR) is 83.2 cm³/mol. The van der Waals surface area contributed by atoms with E-state index < -0.39 is 0 Å². The summed E-state index contributed by atoms with van der Waals surface area (Å²) in [5.41, 5.74) is 1.51. The van der Waals surface area contributed by atoms with Crippen LogP contribution in [-0.2, 0) is 0 Å². The molecule has 1 aliphatic heterocycles. The zero-order valence-corrected chi connectivity index (χ0v) is 12.7. The lowest BCUT2D eigenvalue weighted by atomic mass is 10.2. The van der Waals surface area contributed by atoms with Crippen LogP contribution in [0, 0.1) is 6.92 Å². The van der Waals surface area contributed by atoms with Crippen LogP contribution in [0.1, 0.15) is 16.4 Å². The molecule has 8 heteroatoms. The number of aromatic nitrogens is 4. The molecule has 0 aliphatic carbocycles. The van der Waals surface area contributed by atoms with Crippen molar-refractivity contribution in [1.82, 2.24) is 24.8 Å². The van der Waals surface area contributed by atoms with E-state index in [0.717, 1.165) is 17.2 Å². The maximum absolute atomic E-state index is 12.3. The number of furan rings is 1. The topological polar surface area (TPSA) is 91.2 Å². The van der Waals surface area contributed by atoms with E-state index in [-0.39, 0.29) is 5.91 Å². The summed E-state index contributed by atoms with van der Waals surface area (Å²) < 4.78 is 5.18. The molecule has 1 saturated heterocycles. The van der Waals surface area contributed by atoms with Crippen molar-refractivity contribution in [3.8, 4) is 0 Å². The minimum Gasteiger partial charge on any atom is -0.459 e. The van der Waals surface area contributed by atoms with E-state index in [9.17, 15) is 4.79 Å². The van der Waals surface area contributed by atoms with Gasteiger partial charge in [0, 0.05) is 26.2 Å². The highest BCUT2D eigenvalue weighted by Gasteiger charge is 2.25. The van der Waals surface area contributed by atoms with Gasteiger partial charge in [0.1, 0.15) is 17.7 Å². The highest BCUT2D eigenvalue weighted by molar-refractivity contribution is 5.91. The number of nitrogens with one attached hydrogen (secondary N) is 1. The van der Waals surface area contributed by atoms with Crippen LogP contribution >= 0.6 is 0 Å². The van der Waals surface area contributed by atoms with Crippen molar-refractivity contribution in [3.63, 3.8) is 0 Å². The van der Waals surface area contributed by atoms with Crippen molar-refractivity contribution >= 4 is 22.9 Å². The number of rotatable bonds is 2. The van der Waals surface area contributed by atoms with Crippen LogP contribution in [0.15, 0.2) is 29.1 Å². The summed E-state index contributed by atoms with van der Waals surface area (Å²) in [5.74, 6) is 1.96. The van der Waals surface area contributed by atoms with E-state index in [1.54, 1.807) is 17.0 Å². The van der Waals surface area contributed by atoms with Crippen LogP contribution in [0.4, 0.5) is 5.82 Å². The molecule has 0 radical (unpaired) electrons. The fraction of sp³-hybridized carbons (Fsp3) is 0.333. The van der Waals surface area contributed by atoms with Crippen molar-refractivity contribution in [2.75, 3.05) is 31.1 Å². The lowest BCUT2D eigenvalue weighted by molar-refractivity contribution is 0.0714. The number of aromatic amines is 1. The molecule has 23 heavy (non-hydrogen) atoms. The van der Waals surface area contributed by atoms with Crippen LogP contribution in [0.3, 0.4) is 0 Å². The molecule has 1 N–H and O–H groups in total. The van der Waals surface area contributed by atoms with Crippen molar-refractivity contribution in [3.05, 3.63) is 36.3 Å². The van der Waals surface area contributed by atoms with E-state index in [1.807, 2.05) is 6.92 Å². The number of H-pyrrole nitrogens is 1. The molecule has 4 rings (SSSR count). The van der Waals surface area contributed by atoms with Gasteiger partial charge in [-0.3, -0.25) is 4.79 Å². The predicted octanol–water partition coefficient (Wildman–Crippen LogP) is 1.22. The lowest BCUT2D eigenvalue weighted by Gasteiger charge is -2.35. The van der Waals surface area contributed by atoms with Crippen LogP contribution in [0.25, 0.3) is 11.2 Å². The van der Waals surface area contributed by atoms with Gasteiger partial charge in [-0.25, -0.2) is 15.0 Å². The number of hydrogen-bond acceptors (Lipinski definition) is 6. The monoisotopic (exact) mass is 312 g/mol. The molecule has 3 aromatic rings. The smallest absolute Gasteiger partial charge is 0.289 e. The van der Waals surface area contributed by atoms with Crippen LogP contribution in [-0.4, -0.2) is 56.9 Å². The van der Waals surface area contributed by atoms with Gasteiger partial charge in [-0.2, -0.15) is 0 Å². The Labute approximate surface area is 132 Å². The normalized spacial score (nSPS) is 15.3. The van der Waals surface area contributed by atoms with Crippen molar-refractivity contribution in [2.45, 2.75) is 6.92 Å². The van der Waals surface area contributed by atoms with Crippen LogP contribution in [0.5, 0.6) is 0 Å². The molecule has 3 aromatic heterocycles. The Morgan fingerprint density at radius 1 is 1.26 bits per heavy atom. The Kier molecular flexibility index (Phi) is 3.22. The number of hydrogen-bond donors (Lipinski definition) is 1. The number of carbonyl (C=O) groups is 1. The summed E-state index contributed by atoms with van der Waals surface area (Å²) in [6.07, 6.45) is 3.04. The molecule has 0 aromatic carbocycles. The molecule has 1 fully saturated rings. The van der Waals surface area contributed by atoms with E-state index in [4.69, 9.17) is 4.42 Å². The van der Waals surface area contributed by atoms with Gasteiger partial charge < -0.3 is 19.2 Å². The Bertz CT molecular complexity index is 833. The summed E-state index contributed by atoms with van der Waals surface area (Å²) in [6.45, 7) is 4.55. The molecule has 0 saturated carbocycles. The number of carbonyl (C=O) groups excluding carboxylic acids is 1. The van der Waals surface area contributed by atoms with Gasteiger partial charge in [0.05, 0.1) is 6.26 Å². The van der Waals surface area contributed by atoms with Gasteiger partial charge in [0.25, 0.3) is 5.91 Å². The Hall–Kier alpha value is -2.90. The van der Waals surface area contributed by atoms with Crippen molar-refractivity contribution < 1.29 is 9.21 Å². The second kappa shape index (κ2) is 5.38. The molecule has 1 aliphatic rings. The number of imidazole rings is 1. The molecule has 8 nitrogen and oxygen atoms in total. The summed E-state index contributed by atoms with van der Waals surface area (Å²) in [4.78, 5) is 32.3. The molecule has 4 heterocycles. The second-order valence-electron chi connectivity index (χ2n) is 5.47. The van der Waals surface area contributed by atoms with E-state index >= 15 is 0 Å². The first-order valence-corrected chi connectivity index (χ1v) is 7.47. The molecule has 1 amide bonds. The van der Waals surface area contributed by atoms with Crippen LogP contribution in [0.2, 0.25) is 0 Å². The third-order valence-corrected chi connectivity index (χ3v) is 3.99. The molecule has 0 unspecified atom stereocenters. The summed E-state index contributed by atoms with van der Waals surface area (Å²) in [6, 6.07) is 3.41. The number of nitrogens with zero attached hydrogens (tertiary/aromatic N) is 5. The second-order valence-corrected chi connectivity index (χ2v) is 5.47. The van der Waals surface area contributed by atoms with Gasteiger partial charge in [0.15, 0.2) is 17.2 Å². The Morgan fingerprint density at radius 2 is 2.09 bits per heavy atom. The Morgan fingerprint density at radius 3 is 2.83 bits per heavy atom. The molecule has 118 valence electrons. The fourth-order valence-corrected chi connectivity index (χ4v) is 2.85. The minimum atomic E-state index is -0.0696. The number of piperazine rings is 1. The Balaban J connectivity index is 1.52. The third-order valence-electron chi connectivity index (χ3n) is 3.99. The van der Waals surface area contributed by atoms with Gasteiger partial charge >= 0.3 is 0 Å². The maximum Gasteiger partial charge on any atom is 0.289 e. The quantitative estimate of drug-likeness (QED) is 0.765. The highest BCUT2D eigenvalue weighted by Crippen LogP contribution is 2.22. The van der Waals surface area contributed by atoms with Gasteiger partial charge in [0.2, 0.25) is 0 Å². The summed E-state index contributed by atoms with van der Waals surface area (Å²) in [7, 11) is 0. The van der Waals surface area contributed by atoms with Gasteiger partial charge in [-0.1, -0.05) is 0 Å². The molecular weight excluding hydrogens is 296 g/mol. The fourth-order valence-electron chi connectivity index (χ4n) is 2.85. The van der Waals surface area contributed by atoms with Gasteiger partial charge in [-0.15, -0.1) is 0 Å². The lowest BCUT2D eigenvalue weighted by Crippen LogP contribution is -2.49. The minimum absolute atomic E-state index is 0.0696. The largest absolute Gasteiger partial charge is 0.459 e. The highest BCUT2D eigenvalue weighted by atomic mass is 16.3. The van der Waals surface area contributed by atoms with E-state index in [0.29, 0.717) is 37.6 Å². The van der Waals surface area contributed by atoms with E-state index in [1.165, 1.54) is 12.6 Å². The third kappa shape index (κ3) is 2.41. The zero-order valence-electron chi connectivity index (χ0n) is 12.7. The number of fused-ring (bicyclic) bond motifs is 1. The van der Waals surface area contributed by atoms with Crippen molar-refractivity contribution in [2.24, 2.45) is 0 Å². The maximum atomic E-state index is 12.3. The summed E-state index contributed by atoms with van der Waals surface area (Å²) >= 11 is 0. The summed E-state index contributed by atoms with van der Waals surface area (Å²) in [5, 5.41) is 0. The van der Waals surface area contributed by atoms with Crippen molar-refractivity contribution in [1.29, 1.82) is 0 Å². The number of amides is 1. The van der Waals surface area contributed by atoms with Crippen LogP contribution < -0.4 is 4.90 Å². The first-order chi connectivity index (χ1) is 11.2. The molecular formula is C15H16N6O2. The molecule has 0 spiro atoms. The molecule has 0 bridgehead atoms. The first kappa shape index (κ1) is 13.7.